The van der Waals surface area contributed by atoms with Crippen LogP contribution in [0.5, 0.6) is 0 Å². The average Bonchev–Trinajstić information content (AvgIpc) is 2.87. The zero-order chi connectivity index (χ0) is 17.3. The van der Waals surface area contributed by atoms with Gasteiger partial charge in [0.2, 0.25) is 15.9 Å². The van der Waals surface area contributed by atoms with Gasteiger partial charge in [0, 0.05) is 29.7 Å². The lowest BCUT2D eigenvalue weighted by molar-refractivity contribution is -0.117. The third kappa shape index (κ3) is 3.58. The molecule has 1 aliphatic heterocycles. The number of sulfonamides is 1. The first-order valence-corrected chi connectivity index (χ1v) is 9.05. The van der Waals surface area contributed by atoms with Crippen molar-refractivity contribution in [2.45, 2.75) is 17.4 Å². The van der Waals surface area contributed by atoms with Gasteiger partial charge in [-0.3, -0.25) is 4.79 Å². The van der Waals surface area contributed by atoms with E-state index in [1.165, 1.54) is 47.4 Å². The monoisotopic (exact) mass is 368 g/mol. The fourth-order valence-electron chi connectivity index (χ4n) is 2.58. The van der Waals surface area contributed by atoms with Crippen molar-refractivity contribution in [1.29, 1.82) is 0 Å². The first kappa shape index (κ1) is 16.9. The normalized spacial score (nSPS) is 18.2. The van der Waals surface area contributed by atoms with Crippen LogP contribution in [-0.2, 0) is 14.8 Å². The van der Waals surface area contributed by atoms with Gasteiger partial charge >= 0.3 is 0 Å². The molecular formula is C16H14ClFN2O3S. The van der Waals surface area contributed by atoms with Crippen molar-refractivity contribution in [2.24, 2.45) is 0 Å². The minimum absolute atomic E-state index is 0.0172. The van der Waals surface area contributed by atoms with E-state index in [-0.39, 0.29) is 23.8 Å². The molecule has 1 saturated heterocycles. The van der Waals surface area contributed by atoms with Gasteiger partial charge in [0.1, 0.15) is 5.82 Å². The molecule has 1 atom stereocenters. The SMILES string of the molecule is O=C1CC(NS(=O)(=O)c2ccc(Cl)cc2)CN1c1cccc(F)c1. The summed E-state index contributed by atoms with van der Waals surface area (Å²) in [6.45, 7) is 0.148. The smallest absolute Gasteiger partial charge is 0.240 e. The molecule has 0 saturated carbocycles. The Hall–Kier alpha value is -1.96. The number of carbonyl (C=O) groups is 1. The van der Waals surface area contributed by atoms with Crippen molar-refractivity contribution >= 4 is 33.2 Å². The maximum Gasteiger partial charge on any atom is 0.240 e. The lowest BCUT2D eigenvalue weighted by atomic mass is 10.3. The zero-order valence-corrected chi connectivity index (χ0v) is 14.0. The summed E-state index contributed by atoms with van der Waals surface area (Å²) in [7, 11) is -3.76. The van der Waals surface area contributed by atoms with E-state index in [4.69, 9.17) is 11.6 Å². The molecule has 5 nitrogen and oxygen atoms in total. The van der Waals surface area contributed by atoms with Crippen molar-refractivity contribution in [2.75, 3.05) is 11.4 Å². The second kappa shape index (κ2) is 6.51. The highest BCUT2D eigenvalue weighted by Gasteiger charge is 2.33. The van der Waals surface area contributed by atoms with Crippen LogP contribution >= 0.6 is 11.6 Å². The molecule has 0 aromatic heterocycles. The zero-order valence-electron chi connectivity index (χ0n) is 12.4. The van der Waals surface area contributed by atoms with Crippen LogP contribution in [-0.4, -0.2) is 26.9 Å². The Bertz CT molecular complexity index is 871. The van der Waals surface area contributed by atoms with Crippen molar-refractivity contribution in [3.8, 4) is 0 Å². The van der Waals surface area contributed by atoms with Crippen molar-refractivity contribution in [3.63, 3.8) is 0 Å². The van der Waals surface area contributed by atoms with E-state index < -0.39 is 21.9 Å². The molecule has 1 aliphatic rings. The number of halogens is 2. The van der Waals surface area contributed by atoms with Gasteiger partial charge in [0.25, 0.3) is 0 Å². The Labute approximate surface area is 144 Å². The van der Waals surface area contributed by atoms with E-state index in [0.29, 0.717) is 10.7 Å². The molecule has 1 unspecified atom stereocenters. The van der Waals surface area contributed by atoms with Crippen molar-refractivity contribution in [3.05, 3.63) is 59.4 Å². The highest BCUT2D eigenvalue weighted by atomic mass is 35.5. The summed E-state index contributed by atoms with van der Waals surface area (Å²) in [5.74, 6) is -0.713. The Kier molecular flexibility index (Phi) is 4.58. The van der Waals surface area contributed by atoms with Gasteiger partial charge in [-0.2, -0.15) is 0 Å². The molecule has 126 valence electrons. The van der Waals surface area contributed by atoms with Crippen LogP contribution in [0.2, 0.25) is 5.02 Å². The first-order chi connectivity index (χ1) is 11.3. The summed E-state index contributed by atoms with van der Waals surface area (Å²) < 4.78 is 40.5. The lowest BCUT2D eigenvalue weighted by Crippen LogP contribution is -2.37. The molecule has 1 fully saturated rings. The van der Waals surface area contributed by atoms with Gasteiger partial charge < -0.3 is 4.90 Å². The number of anilines is 1. The summed E-state index contributed by atoms with van der Waals surface area (Å²) in [4.78, 5) is 13.6. The number of hydrogen-bond acceptors (Lipinski definition) is 3. The largest absolute Gasteiger partial charge is 0.311 e. The van der Waals surface area contributed by atoms with Gasteiger partial charge in [-0.15, -0.1) is 0 Å². The summed E-state index contributed by atoms with van der Waals surface area (Å²) in [5.41, 5.74) is 0.410. The molecule has 2 aromatic carbocycles. The maximum atomic E-state index is 13.3. The van der Waals surface area contributed by atoms with Gasteiger partial charge in [-0.25, -0.2) is 17.5 Å². The molecule has 1 heterocycles. The van der Waals surface area contributed by atoms with E-state index in [1.807, 2.05) is 0 Å². The fraction of sp³-hybridized carbons (Fsp3) is 0.188. The Morgan fingerprint density at radius 2 is 1.88 bits per heavy atom. The molecule has 24 heavy (non-hydrogen) atoms. The Balaban J connectivity index is 1.75. The molecule has 1 N–H and O–H groups in total. The molecular weight excluding hydrogens is 355 g/mol. The van der Waals surface area contributed by atoms with E-state index in [2.05, 4.69) is 4.72 Å². The number of benzene rings is 2. The average molecular weight is 369 g/mol. The van der Waals surface area contributed by atoms with Gasteiger partial charge in [-0.1, -0.05) is 17.7 Å². The predicted molar refractivity (Wildman–Crippen MR) is 88.9 cm³/mol. The summed E-state index contributed by atoms with van der Waals surface area (Å²) >= 11 is 5.75. The minimum atomic E-state index is -3.76. The molecule has 2 aromatic rings. The Morgan fingerprint density at radius 3 is 2.54 bits per heavy atom. The van der Waals surface area contributed by atoms with Gasteiger partial charge in [-0.05, 0) is 42.5 Å². The molecule has 0 aliphatic carbocycles. The quantitative estimate of drug-likeness (QED) is 0.902. The molecule has 8 heteroatoms. The van der Waals surface area contributed by atoms with Gasteiger partial charge in [0.05, 0.1) is 4.90 Å². The number of nitrogens with one attached hydrogen (secondary N) is 1. The van der Waals surface area contributed by atoms with Crippen LogP contribution in [0.3, 0.4) is 0 Å². The number of carbonyl (C=O) groups excluding carboxylic acids is 1. The van der Waals surface area contributed by atoms with Crippen LogP contribution < -0.4 is 9.62 Å². The number of nitrogens with zero attached hydrogens (tertiary/aromatic N) is 1. The van der Waals surface area contributed by atoms with Gasteiger partial charge in [0.15, 0.2) is 0 Å². The molecule has 3 rings (SSSR count). The number of rotatable bonds is 4. The van der Waals surface area contributed by atoms with E-state index in [1.54, 1.807) is 6.07 Å². The van der Waals surface area contributed by atoms with Crippen molar-refractivity contribution < 1.29 is 17.6 Å². The first-order valence-electron chi connectivity index (χ1n) is 7.19. The van der Waals surface area contributed by atoms with Crippen LogP contribution in [0.15, 0.2) is 53.4 Å². The molecule has 1 amide bonds. The third-order valence-electron chi connectivity index (χ3n) is 3.69. The standard InChI is InChI=1S/C16H14ClFN2O3S/c17-11-4-6-15(7-5-11)24(22,23)19-13-9-16(21)20(10-13)14-3-1-2-12(18)8-14/h1-8,13,19H,9-10H2. The summed E-state index contributed by atoms with van der Waals surface area (Å²) in [6, 6.07) is 10.8. The van der Waals surface area contributed by atoms with Crippen LogP contribution in [0.25, 0.3) is 0 Å². The maximum absolute atomic E-state index is 13.3. The van der Waals surface area contributed by atoms with Crippen LogP contribution in [0, 0.1) is 5.82 Å². The minimum Gasteiger partial charge on any atom is -0.311 e. The molecule has 0 spiro atoms. The second-order valence-corrected chi connectivity index (χ2v) is 7.61. The van der Waals surface area contributed by atoms with Crippen LogP contribution in [0.1, 0.15) is 6.42 Å². The highest BCUT2D eigenvalue weighted by Crippen LogP contribution is 2.23. The van der Waals surface area contributed by atoms with Crippen LogP contribution in [0.4, 0.5) is 10.1 Å². The summed E-state index contributed by atoms with van der Waals surface area (Å²) in [5, 5.41) is 0.433. The highest BCUT2D eigenvalue weighted by molar-refractivity contribution is 7.89. The second-order valence-electron chi connectivity index (χ2n) is 5.46. The fourth-order valence-corrected chi connectivity index (χ4v) is 3.93. The topological polar surface area (TPSA) is 66.5 Å². The molecule has 0 radical (unpaired) electrons. The number of hydrogen-bond donors (Lipinski definition) is 1. The van der Waals surface area contributed by atoms with E-state index in [0.717, 1.165) is 0 Å². The van der Waals surface area contributed by atoms with E-state index in [9.17, 15) is 17.6 Å². The third-order valence-corrected chi connectivity index (χ3v) is 5.48. The predicted octanol–water partition coefficient (Wildman–Crippen LogP) is 2.56. The summed E-state index contributed by atoms with van der Waals surface area (Å²) in [6.07, 6.45) is 0.0172. The van der Waals surface area contributed by atoms with E-state index >= 15 is 0 Å². The Morgan fingerprint density at radius 1 is 1.17 bits per heavy atom. The number of amides is 1. The molecule has 0 bridgehead atoms. The lowest BCUT2D eigenvalue weighted by Gasteiger charge is -2.17. The van der Waals surface area contributed by atoms with Crippen molar-refractivity contribution in [1.82, 2.24) is 4.72 Å².